The third-order valence-corrected chi connectivity index (χ3v) is 3.65. The van der Waals surface area contributed by atoms with Gasteiger partial charge in [-0.15, -0.1) is 0 Å². The van der Waals surface area contributed by atoms with Crippen LogP contribution in [0, 0.1) is 5.92 Å². The van der Waals surface area contributed by atoms with Crippen molar-refractivity contribution in [2.24, 2.45) is 5.92 Å². The average molecular weight is 204 g/mol. The van der Waals surface area contributed by atoms with E-state index < -0.39 is 0 Å². The summed E-state index contributed by atoms with van der Waals surface area (Å²) in [5, 5.41) is 3.45. The first-order valence-corrected chi connectivity index (χ1v) is 5.57. The summed E-state index contributed by atoms with van der Waals surface area (Å²) in [5.74, 6) is 0.757. The molecule has 0 aliphatic heterocycles. The smallest absolute Gasteiger partial charge is 0.0462 e. The second kappa shape index (κ2) is 3.53. The van der Waals surface area contributed by atoms with E-state index in [1.807, 2.05) is 0 Å². The summed E-state index contributed by atoms with van der Waals surface area (Å²) in [4.78, 5) is 2.13. The predicted octanol–water partition coefficient (Wildman–Crippen LogP) is 2.21. The van der Waals surface area contributed by atoms with Crippen LogP contribution in [-0.2, 0) is 5.54 Å². The fraction of sp³-hybridized carbons (Fsp3) is 0.538. The molecule has 2 unspecified atom stereocenters. The maximum absolute atomic E-state index is 3.45. The first-order chi connectivity index (χ1) is 7.10. The summed E-state index contributed by atoms with van der Waals surface area (Å²) in [7, 11) is 6.20. The van der Waals surface area contributed by atoms with E-state index >= 15 is 0 Å². The molecule has 2 rings (SSSR count). The third-order valence-electron chi connectivity index (χ3n) is 3.65. The Balaban J connectivity index is 2.24. The van der Waals surface area contributed by atoms with Crippen molar-refractivity contribution in [1.29, 1.82) is 0 Å². The van der Waals surface area contributed by atoms with Crippen LogP contribution >= 0.6 is 0 Å². The van der Waals surface area contributed by atoms with Crippen LogP contribution in [0.2, 0.25) is 0 Å². The molecule has 0 spiro atoms. The van der Waals surface area contributed by atoms with E-state index in [0.29, 0.717) is 0 Å². The largest absolute Gasteiger partial charge is 0.378 e. The Kier molecular flexibility index (Phi) is 2.47. The van der Waals surface area contributed by atoms with Crippen LogP contribution in [0.3, 0.4) is 0 Å². The second-order valence-corrected chi connectivity index (χ2v) is 4.77. The van der Waals surface area contributed by atoms with Gasteiger partial charge in [-0.25, -0.2) is 0 Å². The van der Waals surface area contributed by atoms with Crippen molar-refractivity contribution in [2.75, 3.05) is 26.0 Å². The Hall–Kier alpha value is -1.02. The van der Waals surface area contributed by atoms with E-state index in [2.05, 4.69) is 62.5 Å². The number of hydrogen-bond donors (Lipinski definition) is 1. The molecule has 1 saturated carbocycles. The third kappa shape index (κ3) is 1.63. The molecule has 2 heteroatoms. The van der Waals surface area contributed by atoms with Gasteiger partial charge in [-0.1, -0.05) is 19.1 Å². The van der Waals surface area contributed by atoms with Gasteiger partial charge in [-0.05, 0) is 37.1 Å². The van der Waals surface area contributed by atoms with Crippen molar-refractivity contribution in [3.63, 3.8) is 0 Å². The molecule has 0 saturated heterocycles. The number of benzene rings is 1. The lowest BCUT2D eigenvalue weighted by molar-refractivity contribution is 0.539. The van der Waals surface area contributed by atoms with E-state index in [4.69, 9.17) is 0 Å². The highest BCUT2D eigenvalue weighted by Gasteiger charge is 2.50. The zero-order chi connectivity index (χ0) is 11.1. The van der Waals surface area contributed by atoms with Gasteiger partial charge in [0.2, 0.25) is 0 Å². The number of nitrogens with zero attached hydrogens (tertiary/aromatic N) is 1. The zero-order valence-electron chi connectivity index (χ0n) is 10.0. The molecule has 1 N–H and O–H groups in total. The highest BCUT2D eigenvalue weighted by atomic mass is 15.1. The summed E-state index contributed by atoms with van der Waals surface area (Å²) in [5.41, 5.74) is 2.94. The molecule has 1 aromatic carbocycles. The lowest BCUT2D eigenvalue weighted by Crippen LogP contribution is -2.26. The Morgan fingerprint density at radius 1 is 1.27 bits per heavy atom. The monoisotopic (exact) mass is 204 g/mol. The highest BCUT2D eigenvalue weighted by Crippen LogP contribution is 2.51. The van der Waals surface area contributed by atoms with Crippen molar-refractivity contribution in [1.82, 2.24) is 5.32 Å². The minimum absolute atomic E-state index is 0.255. The summed E-state index contributed by atoms with van der Waals surface area (Å²) < 4.78 is 0. The molecule has 1 fully saturated rings. The Labute approximate surface area is 92.3 Å². The fourth-order valence-electron chi connectivity index (χ4n) is 2.38. The van der Waals surface area contributed by atoms with Crippen LogP contribution in [-0.4, -0.2) is 21.1 Å². The average Bonchev–Trinajstić information content (AvgIpc) is 2.91. The molecule has 15 heavy (non-hydrogen) atoms. The number of rotatable bonds is 3. The summed E-state index contributed by atoms with van der Waals surface area (Å²) in [6.07, 6.45) is 1.25. The van der Waals surface area contributed by atoms with Gasteiger partial charge < -0.3 is 10.2 Å². The lowest BCUT2D eigenvalue weighted by atomic mass is 10.0. The van der Waals surface area contributed by atoms with Gasteiger partial charge in [0.15, 0.2) is 0 Å². The highest BCUT2D eigenvalue weighted by molar-refractivity contribution is 5.48. The van der Waals surface area contributed by atoms with Gasteiger partial charge in [0.1, 0.15) is 0 Å². The molecule has 1 aliphatic rings. The summed E-state index contributed by atoms with van der Waals surface area (Å²) >= 11 is 0. The van der Waals surface area contributed by atoms with Crippen molar-refractivity contribution < 1.29 is 0 Å². The molecule has 1 aromatic rings. The Morgan fingerprint density at radius 3 is 2.13 bits per heavy atom. The molecule has 0 radical (unpaired) electrons. The van der Waals surface area contributed by atoms with Crippen molar-refractivity contribution in [3.05, 3.63) is 29.8 Å². The topological polar surface area (TPSA) is 15.3 Å². The standard InChI is InChI=1S/C13H20N2/c1-10-9-13(10,14-2)11-5-7-12(8-6-11)15(3)4/h5-8,10,14H,9H2,1-4H3. The van der Waals surface area contributed by atoms with Crippen LogP contribution in [0.1, 0.15) is 18.9 Å². The van der Waals surface area contributed by atoms with E-state index in [1.165, 1.54) is 17.7 Å². The van der Waals surface area contributed by atoms with Gasteiger partial charge >= 0.3 is 0 Å². The van der Waals surface area contributed by atoms with Gasteiger partial charge in [0.25, 0.3) is 0 Å². The minimum atomic E-state index is 0.255. The molecule has 1 aliphatic carbocycles. The minimum Gasteiger partial charge on any atom is -0.378 e. The summed E-state index contributed by atoms with van der Waals surface area (Å²) in [6.45, 7) is 2.30. The molecule has 0 heterocycles. The van der Waals surface area contributed by atoms with Crippen molar-refractivity contribution in [2.45, 2.75) is 18.9 Å². The van der Waals surface area contributed by atoms with Crippen LogP contribution in [0.4, 0.5) is 5.69 Å². The van der Waals surface area contributed by atoms with Crippen LogP contribution < -0.4 is 10.2 Å². The number of nitrogens with one attached hydrogen (secondary N) is 1. The predicted molar refractivity (Wildman–Crippen MR) is 65.3 cm³/mol. The van der Waals surface area contributed by atoms with Crippen molar-refractivity contribution >= 4 is 5.69 Å². The lowest BCUT2D eigenvalue weighted by Gasteiger charge is -2.18. The maximum atomic E-state index is 3.45. The zero-order valence-corrected chi connectivity index (χ0v) is 10.0. The van der Waals surface area contributed by atoms with Crippen molar-refractivity contribution in [3.8, 4) is 0 Å². The van der Waals surface area contributed by atoms with E-state index in [9.17, 15) is 0 Å². The SMILES string of the molecule is CNC1(c2ccc(N(C)C)cc2)CC1C. The second-order valence-electron chi connectivity index (χ2n) is 4.77. The molecule has 0 amide bonds. The molecule has 0 bridgehead atoms. The Morgan fingerprint density at radius 2 is 1.80 bits per heavy atom. The van der Waals surface area contributed by atoms with Gasteiger partial charge in [-0.3, -0.25) is 0 Å². The van der Waals surface area contributed by atoms with E-state index in [-0.39, 0.29) is 5.54 Å². The molecule has 2 nitrogen and oxygen atoms in total. The first kappa shape index (κ1) is 10.5. The molecule has 2 atom stereocenters. The van der Waals surface area contributed by atoms with E-state index in [0.717, 1.165) is 5.92 Å². The molecular weight excluding hydrogens is 184 g/mol. The van der Waals surface area contributed by atoms with E-state index in [1.54, 1.807) is 0 Å². The maximum Gasteiger partial charge on any atom is 0.0462 e. The Bertz CT molecular complexity index is 338. The van der Waals surface area contributed by atoms with Gasteiger partial charge in [0, 0.05) is 25.3 Å². The van der Waals surface area contributed by atoms with Gasteiger partial charge in [-0.2, -0.15) is 0 Å². The quantitative estimate of drug-likeness (QED) is 0.812. The van der Waals surface area contributed by atoms with Crippen LogP contribution in [0.25, 0.3) is 0 Å². The van der Waals surface area contributed by atoms with Crippen LogP contribution in [0.5, 0.6) is 0 Å². The molecule has 0 aromatic heterocycles. The number of hydrogen-bond acceptors (Lipinski definition) is 2. The fourth-order valence-corrected chi connectivity index (χ4v) is 2.38. The molecular formula is C13H20N2. The molecule has 82 valence electrons. The van der Waals surface area contributed by atoms with Gasteiger partial charge in [0.05, 0.1) is 0 Å². The first-order valence-electron chi connectivity index (χ1n) is 5.57. The summed E-state index contributed by atoms with van der Waals surface area (Å²) in [6, 6.07) is 8.88. The normalized spacial score (nSPS) is 28.9. The van der Waals surface area contributed by atoms with Crippen LogP contribution in [0.15, 0.2) is 24.3 Å². The number of anilines is 1.